The summed E-state index contributed by atoms with van der Waals surface area (Å²) >= 11 is 5.87. The molecule has 132 valence electrons. The predicted molar refractivity (Wildman–Crippen MR) is 91.8 cm³/mol. The van der Waals surface area contributed by atoms with E-state index >= 15 is 0 Å². The van der Waals surface area contributed by atoms with Gasteiger partial charge in [-0.1, -0.05) is 23.7 Å². The normalized spacial score (nSPS) is 16.8. The smallest absolute Gasteiger partial charge is 0.303 e. The Balaban J connectivity index is 1.75. The zero-order valence-corrected chi connectivity index (χ0v) is 14.4. The first-order valence-electron chi connectivity index (χ1n) is 8.40. The number of carbonyl (C=O) groups is 2. The average Bonchev–Trinajstić information content (AvgIpc) is 2.58. The van der Waals surface area contributed by atoms with Gasteiger partial charge in [0, 0.05) is 31.0 Å². The minimum absolute atomic E-state index is 0.0832. The summed E-state index contributed by atoms with van der Waals surface area (Å²) in [5.41, 5.74) is 0.859. The fourth-order valence-corrected chi connectivity index (χ4v) is 3.23. The van der Waals surface area contributed by atoms with E-state index in [9.17, 15) is 14.7 Å². The summed E-state index contributed by atoms with van der Waals surface area (Å²) in [5, 5.41) is 19.7. The summed E-state index contributed by atoms with van der Waals surface area (Å²) < 4.78 is 0. The average molecular weight is 354 g/mol. The Hall–Kier alpha value is -1.59. The summed E-state index contributed by atoms with van der Waals surface area (Å²) in [4.78, 5) is 24.4. The second-order valence-corrected chi connectivity index (χ2v) is 6.75. The highest BCUT2D eigenvalue weighted by Crippen LogP contribution is 2.31. The highest BCUT2D eigenvalue weighted by molar-refractivity contribution is 6.30. The number of rotatable bonds is 7. The van der Waals surface area contributed by atoms with Crippen LogP contribution in [-0.4, -0.2) is 40.1 Å². The number of piperidine rings is 1. The maximum absolute atomic E-state index is 12.1. The van der Waals surface area contributed by atoms with Gasteiger partial charge in [0.15, 0.2) is 0 Å². The third-order valence-electron chi connectivity index (χ3n) is 4.58. The molecule has 2 rings (SSSR count). The van der Waals surface area contributed by atoms with Gasteiger partial charge in [-0.15, -0.1) is 0 Å². The van der Waals surface area contributed by atoms with Crippen molar-refractivity contribution < 1.29 is 19.8 Å². The number of hydrogen-bond donors (Lipinski definition) is 2. The van der Waals surface area contributed by atoms with Crippen LogP contribution in [0.15, 0.2) is 24.3 Å². The first kappa shape index (κ1) is 18.7. The number of unbranched alkanes of at least 4 members (excludes halogenated alkanes) is 1. The van der Waals surface area contributed by atoms with Gasteiger partial charge in [0.2, 0.25) is 5.91 Å². The third kappa shape index (κ3) is 5.49. The maximum Gasteiger partial charge on any atom is 0.303 e. The van der Waals surface area contributed by atoms with Gasteiger partial charge in [0.25, 0.3) is 0 Å². The Labute approximate surface area is 147 Å². The lowest BCUT2D eigenvalue weighted by Crippen LogP contribution is -2.39. The van der Waals surface area contributed by atoms with Crippen LogP contribution >= 0.6 is 11.6 Å². The molecular weight excluding hydrogens is 330 g/mol. The van der Waals surface area contributed by atoms with Crippen LogP contribution in [0.3, 0.4) is 0 Å². The van der Waals surface area contributed by atoms with Gasteiger partial charge < -0.3 is 15.1 Å². The molecule has 0 aliphatic carbocycles. The molecule has 1 saturated heterocycles. The van der Waals surface area contributed by atoms with Gasteiger partial charge in [-0.3, -0.25) is 9.59 Å². The molecule has 1 fully saturated rings. The molecule has 6 heteroatoms. The number of aliphatic carboxylic acids is 1. The Morgan fingerprint density at radius 2 is 1.71 bits per heavy atom. The fourth-order valence-electron chi connectivity index (χ4n) is 3.11. The monoisotopic (exact) mass is 353 g/mol. The molecule has 1 unspecified atom stereocenters. The van der Waals surface area contributed by atoms with E-state index in [0.717, 1.165) is 18.4 Å². The molecule has 0 aromatic heterocycles. The van der Waals surface area contributed by atoms with Crippen LogP contribution in [0.25, 0.3) is 0 Å². The molecule has 1 aliphatic heterocycles. The summed E-state index contributed by atoms with van der Waals surface area (Å²) in [6.45, 7) is 1.29. The second kappa shape index (κ2) is 9.04. The number of aliphatic hydroxyl groups excluding tert-OH is 1. The van der Waals surface area contributed by atoms with Crippen molar-refractivity contribution in [2.75, 3.05) is 13.1 Å². The zero-order valence-electron chi connectivity index (χ0n) is 13.7. The van der Waals surface area contributed by atoms with Crippen molar-refractivity contribution in [3.8, 4) is 0 Å². The lowest BCUT2D eigenvalue weighted by molar-refractivity contribution is -0.138. The van der Waals surface area contributed by atoms with Gasteiger partial charge in [-0.25, -0.2) is 0 Å². The number of benzene rings is 1. The van der Waals surface area contributed by atoms with Crippen LogP contribution in [0.5, 0.6) is 0 Å². The van der Waals surface area contributed by atoms with E-state index < -0.39 is 12.1 Å². The number of likely N-dealkylation sites (tertiary alicyclic amines) is 1. The SMILES string of the molecule is O=C(O)CCCCC(=O)N1CCC(C(O)c2ccc(Cl)cc2)CC1. The summed E-state index contributed by atoms with van der Waals surface area (Å²) in [6.07, 6.45) is 2.66. The van der Waals surface area contributed by atoms with Crippen molar-refractivity contribution in [3.05, 3.63) is 34.9 Å². The van der Waals surface area contributed by atoms with E-state index in [1.807, 2.05) is 17.0 Å². The van der Waals surface area contributed by atoms with Crippen LogP contribution in [0.2, 0.25) is 5.02 Å². The van der Waals surface area contributed by atoms with Crippen molar-refractivity contribution in [3.63, 3.8) is 0 Å². The van der Waals surface area contributed by atoms with Gasteiger partial charge >= 0.3 is 5.97 Å². The van der Waals surface area contributed by atoms with E-state index in [1.54, 1.807) is 12.1 Å². The number of carbonyl (C=O) groups excluding carboxylic acids is 1. The van der Waals surface area contributed by atoms with Gasteiger partial charge in [0.05, 0.1) is 6.10 Å². The zero-order chi connectivity index (χ0) is 17.5. The predicted octanol–water partition coefficient (Wildman–Crippen LogP) is 3.26. The molecule has 1 amide bonds. The highest BCUT2D eigenvalue weighted by atomic mass is 35.5. The van der Waals surface area contributed by atoms with Crippen molar-refractivity contribution in [1.82, 2.24) is 4.90 Å². The van der Waals surface area contributed by atoms with E-state index in [0.29, 0.717) is 37.4 Å². The Kier molecular flexibility index (Phi) is 7.06. The Morgan fingerprint density at radius 3 is 2.29 bits per heavy atom. The maximum atomic E-state index is 12.1. The number of carboxylic acids is 1. The first-order chi connectivity index (χ1) is 11.5. The summed E-state index contributed by atoms with van der Waals surface area (Å²) in [6, 6.07) is 7.23. The minimum Gasteiger partial charge on any atom is -0.481 e. The summed E-state index contributed by atoms with van der Waals surface area (Å²) in [7, 11) is 0. The van der Waals surface area contributed by atoms with E-state index in [1.165, 1.54) is 0 Å². The molecule has 1 aromatic carbocycles. The minimum atomic E-state index is -0.820. The largest absolute Gasteiger partial charge is 0.481 e. The first-order valence-corrected chi connectivity index (χ1v) is 8.78. The van der Waals surface area contributed by atoms with Gasteiger partial charge in [0.1, 0.15) is 0 Å². The van der Waals surface area contributed by atoms with E-state index in [2.05, 4.69) is 0 Å². The van der Waals surface area contributed by atoms with Crippen molar-refractivity contribution >= 4 is 23.5 Å². The molecule has 1 aromatic rings. The number of aliphatic hydroxyl groups is 1. The molecule has 0 saturated carbocycles. The number of hydrogen-bond acceptors (Lipinski definition) is 3. The quantitative estimate of drug-likeness (QED) is 0.737. The lowest BCUT2D eigenvalue weighted by atomic mass is 9.87. The Morgan fingerprint density at radius 1 is 1.12 bits per heavy atom. The molecule has 24 heavy (non-hydrogen) atoms. The molecule has 0 radical (unpaired) electrons. The lowest BCUT2D eigenvalue weighted by Gasteiger charge is -2.34. The van der Waals surface area contributed by atoms with Crippen LogP contribution in [0, 0.1) is 5.92 Å². The molecule has 1 aliphatic rings. The topological polar surface area (TPSA) is 77.8 Å². The highest BCUT2D eigenvalue weighted by Gasteiger charge is 2.28. The van der Waals surface area contributed by atoms with Crippen LogP contribution < -0.4 is 0 Å². The third-order valence-corrected chi connectivity index (χ3v) is 4.83. The molecule has 0 bridgehead atoms. The van der Waals surface area contributed by atoms with Crippen molar-refractivity contribution in [1.29, 1.82) is 0 Å². The van der Waals surface area contributed by atoms with Gasteiger partial charge in [-0.2, -0.15) is 0 Å². The summed E-state index contributed by atoms with van der Waals surface area (Å²) in [5.74, 6) is -0.596. The fraction of sp³-hybridized carbons (Fsp3) is 0.556. The second-order valence-electron chi connectivity index (χ2n) is 6.32. The van der Waals surface area contributed by atoms with Crippen molar-refractivity contribution in [2.24, 2.45) is 5.92 Å². The molecule has 5 nitrogen and oxygen atoms in total. The van der Waals surface area contributed by atoms with Crippen LogP contribution in [0.1, 0.15) is 50.2 Å². The molecule has 2 N–H and O–H groups in total. The molecular formula is C18H24ClNO4. The van der Waals surface area contributed by atoms with Crippen LogP contribution in [0.4, 0.5) is 0 Å². The van der Waals surface area contributed by atoms with Crippen molar-refractivity contribution in [2.45, 2.75) is 44.6 Å². The van der Waals surface area contributed by atoms with E-state index in [-0.39, 0.29) is 18.2 Å². The molecule has 1 atom stereocenters. The molecule has 0 spiro atoms. The standard InChI is InChI=1S/C18H24ClNO4/c19-15-7-5-13(6-8-15)18(24)14-9-11-20(12-10-14)16(21)3-1-2-4-17(22)23/h5-8,14,18,24H,1-4,9-12H2,(H,22,23). The number of amides is 1. The van der Waals surface area contributed by atoms with Gasteiger partial charge in [-0.05, 0) is 49.3 Å². The molecule has 1 heterocycles. The van der Waals surface area contributed by atoms with Crippen LogP contribution in [-0.2, 0) is 9.59 Å². The van der Waals surface area contributed by atoms with E-state index in [4.69, 9.17) is 16.7 Å². The Bertz CT molecular complexity index is 553. The number of nitrogens with zero attached hydrogens (tertiary/aromatic N) is 1. The number of halogens is 1. The number of carboxylic acid groups (broad SMARTS) is 1.